The summed E-state index contributed by atoms with van der Waals surface area (Å²) in [6, 6.07) is 0. The molecule has 1 rings (SSSR count). The van der Waals surface area contributed by atoms with Crippen molar-refractivity contribution < 1.29 is 4.58 Å². The zero-order chi connectivity index (χ0) is 6.69. The first-order valence-corrected chi connectivity index (χ1v) is 3.18. The minimum atomic E-state index is 1.08. The minimum Gasteiger partial charge on any atom is -0.235 e. The molecule has 0 N–H and O–H groups in total. The molecule has 1 aliphatic carbocycles. The van der Waals surface area contributed by atoms with Crippen LogP contribution in [-0.4, -0.2) is 24.4 Å². The Hall–Kier alpha value is -0.850. The summed E-state index contributed by atoms with van der Waals surface area (Å²) in [5.41, 5.74) is 1.28. The maximum absolute atomic E-state index is 2.16. The van der Waals surface area contributed by atoms with Crippen molar-refractivity contribution in [3.8, 4) is 0 Å². The molecule has 0 radical (unpaired) electrons. The van der Waals surface area contributed by atoms with Crippen molar-refractivity contribution in [3.05, 3.63) is 24.3 Å². The van der Waals surface area contributed by atoms with Crippen LogP contribution in [0.15, 0.2) is 24.3 Å². The van der Waals surface area contributed by atoms with E-state index in [9.17, 15) is 0 Å². The molecule has 48 valence electrons. The molecular formula is C8H12N+. The molecule has 1 heteroatoms. The highest BCUT2D eigenvalue weighted by Gasteiger charge is 1.98. The predicted molar refractivity (Wildman–Crippen MR) is 40.0 cm³/mol. The molecule has 0 aromatic carbocycles. The fourth-order valence-corrected chi connectivity index (χ4v) is 0.810. The van der Waals surface area contributed by atoms with Gasteiger partial charge in [0, 0.05) is 12.2 Å². The Bertz CT molecular complexity index is 167. The van der Waals surface area contributed by atoms with Crippen LogP contribution in [0.4, 0.5) is 0 Å². The molecule has 0 aromatic rings. The standard InChI is InChI=1S/C8H12N/c1-9(2)8-6-4-3-5-7-8/h4-7H,3H2,1-2H3/q+1. The van der Waals surface area contributed by atoms with Gasteiger partial charge in [-0.25, -0.2) is 4.58 Å². The van der Waals surface area contributed by atoms with E-state index in [0.29, 0.717) is 0 Å². The Kier molecular flexibility index (Phi) is 1.83. The Labute approximate surface area is 56.0 Å². The summed E-state index contributed by atoms with van der Waals surface area (Å²) < 4.78 is 2.10. The van der Waals surface area contributed by atoms with Crippen LogP contribution >= 0.6 is 0 Å². The van der Waals surface area contributed by atoms with Crippen molar-refractivity contribution in [1.82, 2.24) is 0 Å². The maximum Gasteiger partial charge on any atom is 0.198 e. The van der Waals surface area contributed by atoms with Crippen LogP contribution in [-0.2, 0) is 0 Å². The lowest BCUT2D eigenvalue weighted by Crippen LogP contribution is -2.08. The summed E-state index contributed by atoms with van der Waals surface area (Å²) in [6.45, 7) is 0. The highest BCUT2D eigenvalue weighted by Crippen LogP contribution is 1.96. The van der Waals surface area contributed by atoms with Gasteiger partial charge in [0.05, 0.1) is 0 Å². The van der Waals surface area contributed by atoms with Crippen LogP contribution in [0, 0.1) is 0 Å². The number of rotatable bonds is 0. The van der Waals surface area contributed by atoms with E-state index in [2.05, 4.69) is 43.0 Å². The van der Waals surface area contributed by atoms with Crippen molar-refractivity contribution >= 4 is 5.71 Å². The summed E-state index contributed by atoms with van der Waals surface area (Å²) in [4.78, 5) is 0. The second kappa shape index (κ2) is 2.62. The van der Waals surface area contributed by atoms with Crippen molar-refractivity contribution in [1.29, 1.82) is 0 Å². The molecule has 1 nitrogen and oxygen atoms in total. The van der Waals surface area contributed by atoms with E-state index in [0.717, 1.165) is 6.42 Å². The Balaban J connectivity index is 2.83. The van der Waals surface area contributed by atoms with Crippen LogP contribution in [0.5, 0.6) is 0 Å². The molecule has 0 unspecified atom stereocenters. The first-order chi connectivity index (χ1) is 4.30. The van der Waals surface area contributed by atoms with Gasteiger partial charge in [-0.05, 0) is 6.42 Å². The van der Waals surface area contributed by atoms with Gasteiger partial charge in [0.2, 0.25) is 0 Å². The largest absolute Gasteiger partial charge is 0.235 e. The molecular weight excluding hydrogens is 110 g/mol. The average Bonchev–Trinajstić information content (AvgIpc) is 1.90. The normalized spacial score (nSPS) is 16.4. The van der Waals surface area contributed by atoms with Gasteiger partial charge in [0.1, 0.15) is 14.1 Å². The molecule has 0 atom stereocenters. The zero-order valence-electron chi connectivity index (χ0n) is 5.96. The monoisotopic (exact) mass is 122 g/mol. The van der Waals surface area contributed by atoms with Gasteiger partial charge in [-0.15, -0.1) is 0 Å². The van der Waals surface area contributed by atoms with E-state index in [1.807, 2.05) is 0 Å². The first-order valence-electron chi connectivity index (χ1n) is 3.18. The van der Waals surface area contributed by atoms with E-state index in [-0.39, 0.29) is 0 Å². The number of allylic oxidation sites excluding steroid dienone is 4. The van der Waals surface area contributed by atoms with E-state index < -0.39 is 0 Å². The van der Waals surface area contributed by atoms with Crippen LogP contribution < -0.4 is 0 Å². The van der Waals surface area contributed by atoms with Gasteiger partial charge in [-0.2, -0.15) is 0 Å². The van der Waals surface area contributed by atoms with Crippen LogP contribution in [0.1, 0.15) is 6.42 Å². The lowest BCUT2D eigenvalue weighted by Gasteiger charge is -1.95. The third kappa shape index (κ3) is 1.53. The van der Waals surface area contributed by atoms with E-state index in [1.165, 1.54) is 5.71 Å². The van der Waals surface area contributed by atoms with E-state index in [4.69, 9.17) is 0 Å². The van der Waals surface area contributed by atoms with Gasteiger partial charge in [0.25, 0.3) is 0 Å². The molecule has 0 aliphatic heterocycles. The summed E-state index contributed by atoms with van der Waals surface area (Å²) in [5.74, 6) is 0. The van der Waals surface area contributed by atoms with E-state index >= 15 is 0 Å². The SMILES string of the molecule is C[N+](C)=C1C=CCC=C1. The van der Waals surface area contributed by atoms with Crippen LogP contribution in [0.2, 0.25) is 0 Å². The molecule has 0 amide bonds. The molecule has 0 saturated carbocycles. The van der Waals surface area contributed by atoms with Crippen molar-refractivity contribution in [3.63, 3.8) is 0 Å². The molecule has 1 aliphatic rings. The predicted octanol–water partition coefficient (Wildman–Crippen LogP) is 1.22. The highest BCUT2D eigenvalue weighted by molar-refractivity contribution is 6.00. The van der Waals surface area contributed by atoms with Gasteiger partial charge in [-0.1, -0.05) is 12.2 Å². The summed E-state index contributed by atoms with van der Waals surface area (Å²) in [7, 11) is 4.10. The quantitative estimate of drug-likeness (QED) is 0.425. The number of hydrogen-bond acceptors (Lipinski definition) is 0. The molecule has 9 heavy (non-hydrogen) atoms. The van der Waals surface area contributed by atoms with E-state index in [1.54, 1.807) is 0 Å². The summed E-state index contributed by atoms with van der Waals surface area (Å²) >= 11 is 0. The number of hydrogen-bond donors (Lipinski definition) is 0. The minimum absolute atomic E-state index is 1.08. The second-order valence-corrected chi connectivity index (χ2v) is 2.36. The molecule has 0 bridgehead atoms. The van der Waals surface area contributed by atoms with Crippen molar-refractivity contribution in [2.24, 2.45) is 0 Å². The van der Waals surface area contributed by atoms with Gasteiger partial charge in [0.15, 0.2) is 5.71 Å². The smallest absolute Gasteiger partial charge is 0.198 e. The van der Waals surface area contributed by atoms with Crippen molar-refractivity contribution in [2.45, 2.75) is 6.42 Å². The third-order valence-corrected chi connectivity index (χ3v) is 1.37. The first kappa shape index (κ1) is 6.27. The van der Waals surface area contributed by atoms with Crippen LogP contribution in [0.25, 0.3) is 0 Å². The molecule has 0 aromatic heterocycles. The third-order valence-electron chi connectivity index (χ3n) is 1.37. The fourth-order valence-electron chi connectivity index (χ4n) is 0.810. The number of nitrogens with zero attached hydrogens (tertiary/aromatic N) is 1. The molecule has 0 spiro atoms. The topological polar surface area (TPSA) is 3.01 Å². The molecule has 0 fully saturated rings. The Morgan fingerprint density at radius 3 is 2.11 bits per heavy atom. The lowest BCUT2D eigenvalue weighted by molar-refractivity contribution is -0.462. The zero-order valence-corrected chi connectivity index (χ0v) is 5.96. The van der Waals surface area contributed by atoms with Gasteiger partial charge in [-0.3, -0.25) is 0 Å². The van der Waals surface area contributed by atoms with Crippen molar-refractivity contribution in [2.75, 3.05) is 14.1 Å². The fraction of sp³-hybridized carbons (Fsp3) is 0.375. The lowest BCUT2D eigenvalue weighted by atomic mass is 10.2. The van der Waals surface area contributed by atoms with Gasteiger partial charge < -0.3 is 0 Å². The Morgan fingerprint density at radius 1 is 1.22 bits per heavy atom. The van der Waals surface area contributed by atoms with Gasteiger partial charge >= 0.3 is 0 Å². The Morgan fingerprint density at radius 2 is 1.78 bits per heavy atom. The maximum atomic E-state index is 2.16. The molecule has 0 heterocycles. The molecule has 0 saturated heterocycles. The summed E-state index contributed by atoms with van der Waals surface area (Å²) in [5, 5.41) is 0. The second-order valence-electron chi connectivity index (χ2n) is 2.36. The van der Waals surface area contributed by atoms with Crippen LogP contribution in [0.3, 0.4) is 0 Å². The summed E-state index contributed by atoms with van der Waals surface area (Å²) in [6.07, 6.45) is 9.68. The average molecular weight is 122 g/mol. The highest BCUT2D eigenvalue weighted by atomic mass is 14.9.